The summed E-state index contributed by atoms with van der Waals surface area (Å²) in [6.45, 7) is 4.83. The third kappa shape index (κ3) is 3.35. The van der Waals surface area contributed by atoms with Gasteiger partial charge in [0.2, 0.25) is 0 Å². The zero-order valence-corrected chi connectivity index (χ0v) is 12.4. The molecule has 100 valence electrons. The molecule has 2 heterocycles. The van der Waals surface area contributed by atoms with Gasteiger partial charge in [0, 0.05) is 28.9 Å². The molecule has 0 bridgehead atoms. The van der Waals surface area contributed by atoms with Crippen LogP contribution in [0.3, 0.4) is 0 Å². The van der Waals surface area contributed by atoms with Gasteiger partial charge < -0.3 is 5.32 Å². The summed E-state index contributed by atoms with van der Waals surface area (Å²) < 4.78 is 0. The molecule has 1 fully saturated rings. The number of hydrogen-bond donors (Lipinski definition) is 1. The molecule has 0 aromatic carbocycles. The fourth-order valence-electron chi connectivity index (χ4n) is 2.39. The van der Waals surface area contributed by atoms with E-state index in [1.54, 1.807) is 0 Å². The summed E-state index contributed by atoms with van der Waals surface area (Å²) in [6.07, 6.45) is 2.34. The van der Waals surface area contributed by atoms with Crippen LogP contribution in [0.2, 0.25) is 10.2 Å². The number of nitrogens with one attached hydrogen (secondary N) is 1. The average molecular weight is 288 g/mol. The van der Waals surface area contributed by atoms with Crippen LogP contribution in [0.15, 0.2) is 6.07 Å². The summed E-state index contributed by atoms with van der Waals surface area (Å²) in [5, 5.41) is 4.62. The minimum absolute atomic E-state index is 0.529. The molecule has 0 atom stereocenters. The van der Waals surface area contributed by atoms with Crippen molar-refractivity contribution in [2.75, 3.05) is 20.1 Å². The molecule has 0 saturated carbocycles. The van der Waals surface area contributed by atoms with Crippen LogP contribution in [0.25, 0.3) is 0 Å². The number of hydrogen-bond acceptors (Lipinski definition) is 3. The molecule has 1 aliphatic rings. The van der Waals surface area contributed by atoms with E-state index < -0.39 is 0 Å². The maximum absolute atomic E-state index is 6.25. The Kier molecular flexibility index (Phi) is 4.84. The maximum atomic E-state index is 6.25. The third-order valence-electron chi connectivity index (χ3n) is 3.49. The minimum atomic E-state index is 0.529. The van der Waals surface area contributed by atoms with Crippen molar-refractivity contribution in [1.29, 1.82) is 0 Å². The lowest BCUT2D eigenvalue weighted by molar-refractivity contribution is 0.191. The zero-order chi connectivity index (χ0) is 13.1. The lowest BCUT2D eigenvalue weighted by Gasteiger charge is -2.31. The number of rotatable bonds is 3. The van der Waals surface area contributed by atoms with E-state index in [-0.39, 0.29) is 0 Å². The molecule has 0 amide bonds. The Hall–Kier alpha value is -0.350. The number of nitrogens with zero attached hydrogens (tertiary/aromatic N) is 2. The van der Waals surface area contributed by atoms with Gasteiger partial charge in [-0.05, 0) is 46.0 Å². The molecule has 0 spiro atoms. The lowest BCUT2D eigenvalue weighted by atomic mass is 10.0. The van der Waals surface area contributed by atoms with E-state index in [2.05, 4.69) is 22.2 Å². The van der Waals surface area contributed by atoms with Gasteiger partial charge in [-0.15, -0.1) is 0 Å². The Morgan fingerprint density at radius 2 is 2.06 bits per heavy atom. The Labute approximate surface area is 118 Å². The summed E-state index contributed by atoms with van der Waals surface area (Å²) in [5.41, 5.74) is 1.79. The topological polar surface area (TPSA) is 28.2 Å². The number of piperidine rings is 1. The van der Waals surface area contributed by atoms with Gasteiger partial charge in [-0.25, -0.2) is 4.98 Å². The van der Waals surface area contributed by atoms with Gasteiger partial charge in [0.1, 0.15) is 5.15 Å². The van der Waals surface area contributed by atoms with Crippen molar-refractivity contribution in [2.24, 2.45) is 0 Å². The Morgan fingerprint density at radius 3 is 2.67 bits per heavy atom. The second kappa shape index (κ2) is 6.20. The first kappa shape index (κ1) is 14.1. The van der Waals surface area contributed by atoms with E-state index in [1.165, 1.54) is 12.8 Å². The normalized spacial score (nSPS) is 17.4. The highest BCUT2D eigenvalue weighted by Gasteiger charge is 2.20. The molecule has 1 aliphatic heterocycles. The fraction of sp³-hybridized carbons (Fsp3) is 0.615. The van der Waals surface area contributed by atoms with Gasteiger partial charge in [0.05, 0.1) is 0 Å². The van der Waals surface area contributed by atoms with Crippen LogP contribution in [0, 0.1) is 6.92 Å². The molecule has 0 radical (unpaired) electrons. The molecule has 1 aromatic rings. The largest absolute Gasteiger partial charge is 0.317 e. The lowest BCUT2D eigenvalue weighted by Crippen LogP contribution is -2.40. The highest BCUT2D eigenvalue weighted by molar-refractivity contribution is 6.35. The first-order chi connectivity index (χ1) is 8.58. The van der Waals surface area contributed by atoms with Crippen molar-refractivity contribution < 1.29 is 0 Å². The third-order valence-corrected chi connectivity index (χ3v) is 4.14. The van der Waals surface area contributed by atoms with Crippen molar-refractivity contribution >= 4 is 23.2 Å². The molecule has 3 nitrogen and oxygen atoms in total. The van der Waals surface area contributed by atoms with Crippen LogP contribution in [0.4, 0.5) is 0 Å². The van der Waals surface area contributed by atoms with E-state index in [0.717, 1.165) is 30.9 Å². The van der Waals surface area contributed by atoms with Crippen LogP contribution >= 0.6 is 23.2 Å². The van der Waals surface area contributed by atoms with Crippen LogP contribution in [-0.4, -0.2) is 36.1 Å². The molecule has 0 unspecified atom stereocenters. The first-order valence-corrected chi connectivity index (χ1v) is 7.06. The molecule has 1 N–H and O–H groups in total. The van der Waals surface area contributed by atoms with Crippen LogP contribution in [0.1, 0.15) is 24.1 Å². The summed E-state index contributed by atoms with van der Waals surface area (Å²) in [4.78, 5) is 6.60. The highest BCUT2D eigenvalue weighted by Crippen LogP contribution is 2.26. The summed E-state index contributed by atoms with van der Waals surface area (Å²) in [5.74, 6) is 0. The van der Waals surface area contributed by atoms with E-state index in [9.17, 15) is 0 Å². The van der Waals surface area contributed by atoms with E-state index >= 15 is 0 Å². The second-order valence-corrected chi connectivity index (χ2v) is 5.68. The zero-order valence-electron chi connectivity index (χ0n) is 10.8. The number of aryl methyl sites for hydroxylation is 1. The van der Waals surface area contributed by atoms with Crippen LogP contribution in [-0.2, 0) is 6.54 Å². The monoisotopic (exact) mass is 287 g/mol. The number of halogens is 2. The fourth-order valence-corrected chi connectivity index (χ4v) is 3.04. The second-order valence-electron chi connectivity index (χ2n) is 4.91. The summed E-state index contributed by atoms with van der Waals surface area (Å²) in [6, 6.07) is 2.47. The predicted molar refractivity (Wildman–Crippen MR) is 76.4 cm³/mol. The predicted octanol–water partition coefficient (Wildman–Crippen LogP) is 2.88. The first-order valence-electron chi connectivity index (χ1n) is 6.30. The van der Waals surface area contributed by atoms with Crippen molar-refractivity contribution in [3.63, 3.8) is 0 Å². The van der Waals surface area contributed by atoms with Crippen molar-refractivity contribution in [1.82, 2.24) is 15.2 Å². The molecule has 18 heavy (non-hydrogen) atoms. The van der Waals surface area contributed by atoms with Gasteiger partial charge in [-0.1, -0.05) is 23.2 Å². The van der Waals surface area contributed by atoms with E-state index in [4.69, 9.17) is 23.2 Å². The SMILES string of the molecule is Cc1cc(Cl)c(CN(C)C2CCNCC2)c(Cl)n1. The molecule has 5 heteroatoms. The van der Waals surface area contributed by atoms with Crippen molar-refractivity contribution in [3.8, 4) is 0 Å². The molecule has 1 aromatic heterocycles. The molecule has 1 saturated heterocycles. The average Bonchev–Trinajstić information content (AvgIpc) is 2.34. The van der Waals surface area contributed by atoms with Crippen LogP contribution in [0.5, 0.6) is 0 Å². The molecular formula is C13H19Cl2N3. The maximum Gasteiger partial charge on any atom is 0.135 e. The van der Waals surface area contributed by atoms with Gasteiger partial charge in [0.15, 0.2) is 0 Å². The molecular weight excluding hydrogens is 269 g/mol. The number of pyridine rings is 1. The van der Waals surface area contributed by atoms with Gasteiger partial charge >= 0.3 is 0 Å². The summed E-state index contributed by atoms with van der Waals surface area (Å²) >= 11 is 12.4. The Morgan fingerprint density at radius 1 is 1.39 bits per heavy atom. The molecule has 0 aliphatic carbocycles. The highest BCUT2D eigenvalue weighted by atomic mass is 35.5. The van der Waals surface area contributed by atoms with Gasteiger partial charge in [-0.2, -0.15) is 0 Å². The quantitative estimate of drug-likeness (QED) is 0.867. The summed E-state index contributed by atoms with van der Waals surface area (Å²) in [7, 11) is 2.13. The van der Waals surface area contributed by atoms with E-state index in [1.807, 2.05) is 13.0 Å². The minimum Gasteiger partial charge on any atom is -0.317 e. The smallest absolute Gasteiger partial charge is 0.135 e. The van der Waals surface area contributed by atoms with Crippen LogP contribution < -0.4 is 5.32 Å². The van der Waals surface area contributed by atoms with Crippen molar-refractivity contribution in [3.05, 3.63) is 27.5 Å². The van der Waals surface area contributed by atoms with Crippen molar-refractivity contribution in [2.45, 2.75) is 32.4 Å². The standard InChI is InChI=1S/C13H19Cl2N3/c1-9-7-12(14)11(13(15)17-9)8-18(2)10-3-5-16-6-4-10/h7,10,16H,3-6,8H2,1-2H3. The van der Waals surface area contributed by atoms with Gasteiger partial charge in [0.25, 0.3) is 0 Å². The Bertz CT molecular complexity index is 394. The number of aromatic nitrogens is 1. The van der Waals surface area contributed by atoms with E-state index in [0.29, 0.717) is 16.2 Å². The van der Waals surface area contributed by atoms with Gasteiger partial charge in [-0.3, -0.25) is 4.90 Å². The molecule has 2 rings (SSSR count). The Balaban J connectivity index is 2.08.